The van der Waals surface area contributed by atoms with E-state index in [1.165, 1.54) is 11.0 Å². The number of hydrogen-bond acceptors (Lipinski definition) is 5. The zero-order valence-corrected chi connectivity index (χ0v) is 9.74. The predicted octanol–water partition coefficient (Wildman–Crippen LogP) is -0.499. The summed E-state index contributed by atoms with van der Waals surface area (Å²) in [5, 5.41) is 10.6. The number of nitrogens with zero attached hydrogens (tertiary/aromatic N) is 5. The Morgan fingerprint density at radius 3 is 2.59 bits per heavy atom. The second kappa shape index (κ2) is 5.03. The Morgan fingerprint density at radius 1 is 1.35 bits per heavy atom. The number of carbonyl (C=O) groups excluding carboxylic acids is 2. The molecule has 0 aliphatic carbocycles. The fourth-order valence-electron chi connectivity index (χ4n) is 2.03. The molecule has 7 nitrogen and oxygen atoms in total. The Bertz CT molecular complexity index is 395. The van der Waals surface area contributed by atoms with Gasteiger partial charge >= 0.3 is 0 Å². The summed E-state index contributed by atoms with van der Waals surface area (Å²) in [5.41, 5.74) is 0. The molecule has 0 atom stereocenters. The molecule has 0 saturated carbocycles. The highest BCUT2D eigenvalue weighted by atomic mass is 16.2. The molecule has 0 unspecified atom stereocenters. The minimum absolute atomic E-state index is 0.000646. The molecule has 0 bridgehead atoms. The van der Waals surface area contributed by atoms with Crippen LogP contribution in [0.5, 0.6) is 0 Å². The third-order valence-corrected chi connectivity index (χ3v) is 3.11. The first-order valence-corrected chi connectivity index (χ1v) is 5.66. The van der Waals surface area contributed by atoms with Gasteiger partial charge in [-0.1, -0.05) is 0 Å². The fraction of sp³-hybridized carbons (Fsp3) is 0.700. The van der Waals surface area contributed by atoms with Crippen LogP contribution in [0.1, 0.15) is 19.8 Å². The van der Waals surface area contributed by atoms with E-state index < -0.39 is 0 Å². The van der Waals surface area contributed by atoms with Crippen LogP contribution in [0.3, 0.4) is 0 Å². The van der Waals surface area contributed by atoms with Gasteiger partial charge in [0.05, 0.1) is 0 Å². The van der Waals surface area contributed by atoms with Crippen LogP contribution in [0, 0.1) is 5.92 Å². The topological polar surface area (TPSA) is 81.0 Å². The van der Waals surface area contributed by atoms with Crippen molar-refractivity contribution >= 4 is 11.7 Å². The summed E-state index contributed by atoms with van der Waals surface area (Å²) in [6.45, 7) is 3.07. The maximum Gasteiger partial charge on any atom is 0.244 e. The van der Waals surface area contributed by atoms with Crippen LogP contribution in [0.25, 0.3) is 0 Å². The molecule has 0 spiro atoms. The second-order valence-electron chi connectivity index (χ2n) is 4.27. The molecule has 1 amide bonds. The fourth-order valence-corrected chi connectivity index (χ4v) is 2.03. The first-order valence-electron chi connectivity index (χ1n) is 5.66. The number of rotatable bonds is 3. The van der Waals surface area contributed by atoms with Crippen LogP contribution < -0.4 is 0 Å². The molecule has 17 heavy (non-hydrogen) atoms. The van der Waals surface area contributed by atoms with Crippen LogP contribution in [0.15, 0.2) is 6.33 Å². The standard InChI is InChI=1S/C10H15N5O2/c1-8(16)9-2-4-14(5-3-9)10(17)6-15-7-11-12-13-15/h7,9H,2-6H2,1H3. The van der Waals surface area contributed by atoms with Gasteiger partial charge in [0, 0.05) is 19.0 Å². The van der Waals surface area contributed by atoms with E-state index in [0.29, 0.717) is 13.1 Å². The maximum absolute atomic E-state index is 11.9. The lowest BCUT2D eigenvalue weighted by molar-refractivity contribution is -0.135. The molecular weight excluding hydrogens is 222 g/mol. The average Bonchev–Trinajstić information content (AvgIpc) is 2.82. The summed E-state index contributed by atoms with van der Waals surface area (Å²) >= 11 is 0. The Hall–Kier alpha value is -1.79. The van der Waals surface area contributed by atoms with Crippen LogP contribution in [-0.4, -0.2) is 49.9 Å². The quantitative estimate of drug-likeness (QED) is 0.708. The van der Waals surface area contributed by atoms with Crippen LogP contribution >= 0.6 is 0 Å². The van der Waals surface area contributed by atoms with Crippen molar-refractivity contribution in [2.45, 2.75) is 26.3 Å². The number of hydrogen-bond donors (Lipinski definition) is 0. The monoisotopic (exact) mass is 237 g/mol. The number of ketones is 1. The normalized spacial score (nSPS) is 17.1. The van der Waals surface area contributed by atoms with Crippen molar-refractivity contribution < 1.29 is 9.59 Å². The first kappa shape index (κ1) is 11.7. The van der Waals surface area contributed by atoms with Crippen LogP contribution in [-0.2, 0) is 16.1 Å². The highest BCUT2D eigenvalue weighted by molar-refractivity contribution is 5.79. The molecule has 1 saturated heterocycles. The highest BCUT2D eigenvalue weighted by Gasteiger charge is 2.25. The summed E-state index contributed by atoms with van der Waals surface area (Å²) in [7, 11) is 0. The molecule has 1 aromatic rings. The van der Waals surface area contributed by atoms with Gasteiger partial charge in [0.2, 0.25) is 5.91 Å². The Balaban J connectivity index is 1.84. The van der Waals surface area contributed by atoms with Gasteiger partial charge in [-0.3, -0.25) is 9.59 Å². The van der Waals surface area contributed by atoms with E-state index in [9.17, 15) is 9.59 Å². The largest absolute Gasteiger partial charge is 0.341 e. The number of piperidine rings is 1. The van der Waals surface area contributed by atoms with Crippen molar-refractivity contribution in [2.24, 2.45) is 5.92 Å². The van der Waals surface area contributed by atoms with Crippen LogP contribution in [0.4, 0.5) is 0 Å². The molecule has 92 valence electrons. The zero-order chi connectivity index (χ0) is 12.3. The molecule has 0 radical (unpaired) electrons. The first-order chi connectivity index (χ1) is 8.16. The van der Waals surface area contributed by atoms with E-state index in [-0.39, 0.29) is 24.2 Å². The molecule has 1 aromatic heterocycles. The molecule has 1 fully saturated rings. The van der Waals surface area contributed by atoms with Crippen molar-refractivity contribution in [1.82, 2.24) is 25.1 Å². The molecule has 0 aromatic carbocycles. The van der Waals surface area contributed by atoms with Gasteiger partial charge in [-0.15, -0.1) is 5.10 Å². The lowest BCUT2D eigenvalue weighted by Gasteiger charge is -2.30. The Labute approximate surface area is 98.8 Å². The van der Waals surface area contributed by atoms with E-state index in [1.54, 1.807) is 11.8 Å². The minimum Gasteiger partial charge on any atom is -0.341 e. The van der Waals surface area contributed by atoms with Crippen molar-refractivity contribution in [3.63, 3.8) is 0 Å². The predicted molar refractivity (Wildman–Crippen MR) is 57.8 cm³/mol. The van der Waals surface area contributed by atoms with Gasteiger partial charge < -0.3 is 4.90 Å². The van der Waals surface area contributed by atoms with Gasteiger partial charge in [0.15, 0.2) is 0 Å². The van der Waals surface area contributed by atoms with E-state index in [2.05, 4.69) is 15.5 Å². The van der Waals surface area contributed by atoms with Gasteiger partial charge in [-0.05, 0) is 30.2 Å². The lowest BCUT2D eigenvalue weighted by Crippen LogP contribution is -2.41. The molecule has 0 N–H and O–H groups in total. The van der Waals surface area contributed by atoms with Gasteiger partial charge in [0.25, 0.3) is 0 Å². The number of carbonyl (C=O) groups is 2. The van der Waals surface area contributed by atoms with Crippen molar-refractivity contribution in [1.29, 1.82) is 0 Å². The van der Waals surface area contributed by atoms with E-state index in [4.69, 9.17) is 0 Å². The zero-order valence-electron chi connectivity index (χ0n) is 9.74. The summed E-state index contributed by atoms with van der Waals surface area (Å²) in [6, 6.07) is 0. The van der Waals surface area contributed by atoms with Gasteiger partial charge in [-0.25, -0.2) is 4.68 Å². The van der Waals surface area contributed by atoms with Crippen molar-refractivity contribution in [2.75, 3.05) is 13.1 Å². The van der Waals surface area contributed by atoms with Gasteiger partial charge in [-0.2, -0.15) is 0 Å². The third kappa shape index (κ3) is 2.86. The number of aromatic nitrogens is 4. The molecule has 1 aliphatic heterocycles. The van der Waals surface area contributed by atoms with E-state index in [1.807, 2.05) is 0 Å². The second-order valence-corrected chi connectivity index (χ2v) is 4.27. The third-order valence-electron chi connectivity index (χ3n) is 3.11. The minimum atomic E-state index is -0.000646. The molecule has 7 heteroatoms. The summed E-state index contributed by atoms with van der Waals surface area (Å²) in [6.07, 6.45) is 2.94. The number of likely N-dealkylation sites (tertiary alicyclic amines) is 1. The Morgan fingerprint density at radius 2 is 2.06 bits per heavy atom. The number of Topliss-reactive ketones (excluding diaryl/α,β-unsaturated/α-hetero) is 1. The van der Waals surface area contributed by atoms with Crippen molar-refractivity contribution in [3.05, 3.63) is 6.33 Å². The molecular formula is C10H15N5O2. The highest BCUT2D eigenvalue weighted by Crippen LogP contribution is 2.18. The number of amides is 1. The van der Waals surface area contributed by atoms with E-state index >= 15 is 0 Å². The van der Waals surface area contributed by atoms with Gasteiger partial charge in [0.1, 0.15) is 18.7 Å². The Kier molecular flexibility index (Phi) is 3.46. The maximum atomic E-state index is 11.9. The smallest absolute Gasteiger partial charge is 0.244 e. The summed E-state index contributed by atoms with van der Waals surface area (Å²) in [4.78, 5) is 24.8. The molecule has 1 aliphatic rings. The summed E-state index contributed by atoms with van der Waals surface area (Å²) in [5.74, 6) is 0.337. The average molecular weight is 237 g/mol. The molecule has 2 rings (SSSR count). The molecule has 2 heterocycles. The number of tetrazole rings is 1. The lowest BCUT2D eigenvalue weighted by atomic mass is 9.93. The summed E-state index contributed by atoms with van der Waals surface area (Å²) < 4.78 is 1.40. The van der Waals surface area contributed by atoms with Crippen LogP contribution in [0.2, 0.25) is 0 Å². The van der Waals surface area contributed by atoms with E-state index in [0.717, 1.165) is 12.8 Å². The van der Waals surface area contributed by atoms with Crippen molar-refractivity contribution in [3.8, 4) is 0 Å². The SMILES string of the molecule is CC(=O)C1CCN(C(=O)Cn2cnnn2)CC1.